The topological polar surface area (TPSA) is 93.4 Å². The van der Waals surface area contributed by atoms with E-state index in [9.17, 15) is 9.59 Å². The summed E-state index contributed by atoms with van der Waals surface area (Å²) >= 11 is 0. The van der Waals surface area contributed by atoms with E-state index in [0.717, 1.165) is 5.69 Å². The maximum absolute atomic E-state index is 13.4. The molecule has 0 amide bonds. The van der Waals surface area contributed by atoms with E-state index >= 15 is 0 Å². The minimum Gasteiger partial charge on any atom is -0.398 e. The zero-order valence-electron chi connectivity index (χ0n) is 16.4. The number of nitrogens with two attached hydrogens (primary N) is 1. The zero-order chi connectivity index (χ0) is 20.1. The van der Waals surface area contributed by atoms with E-state index in [1.54, 1.807) is 24.3 Å². The summed E-state index contributed by atoms with van der Waals surface area (Å²) in [6.07, 6.45) is 0. The molecule has 2 aromatic carbocycles. The summed E-state index contributed by atoms with van der Waals surface area (Å²) in [5.74, 6) is -0.399. The van der Waals surface area contributed by atoms with Crippen LogP contribution in [0.4, 0.5) is 17.1 Å². The van der Waals surface area contributed by atoms with Gasteiger partial charge in [0.25, 0.3) is 0 Å². The highest BCUT2D eigenvalue weighted by Gasteiger charge is 2.64. The van der Waals surface area contributed by atoms with Crippen molar-refractivity contribution in [1.82, 2.24) is 0 Å². The fraction of sp³-hybridized carbons (Fsp3) is 0.364. The van der Waals surface area contributed by atoms with Gasteiger partial charge in [-0.2, -0.15) is 0 Å². The minimum atomic E-state index is -0.600. The van der Waals surface area contributed by atoms with Crippen molar-refractivity contribution in [1.29, 1.82) is 0 Å². The number of benzene rings is 2. The fourth-order valence-corrected chi connectivity index (χ4v) is 5.00. The van der Waals surface area contributed by atoms with Crippen molar-refractivity contribution >= 4 is 28.6 Å². The Kier molecular flexibility index (Phi) is 3.05. The van der Waals surface area contributed by atoms with Crippen LogP contribution in [0.5, 0.6) is 0 Å². The summed E-state index contributed by atoms with van der Waals surface area (Å²) in [5.41, 5.74) is 7.89. The number of ether oxygens (including phenoxy) is 1. The van der Waals surface area contributed by atoms with Crippen LogP contribution in [0.1, 0.15) is 59.5 Å². The molecule has 1 atom stereocenters. The van der Waals surface area contributed by atoms with E-state index in [4.69, 9.17) is 10.5 Å². The Hall–Kier alpha value is -2.86. The molecule has 0 bridgehead atoms. The van der Waals surface area contributed by atoms with Gasteiger partial charge in [0.1, 0.15) is 11.3 Å². The van der Waals surface area contributed by atoms with Gasteiger partial charge in [-0.15, -0.1) is 0 Å². The van der Waals surface area contributed by atoms with E-state index in [1.807, 2.05) is 19.9 Å². The van der Waals surface area contributed by atoms with Gasteiger partial charge in [0.05, 0.1) is 29.1 Å². The molecule has 2 aromatic rings. The smallest absolute Gasteiger partial charge is 0.196 e. The number of carbonyl (C=O) groups excluding carboxylic acids is 2. The lowest BCUT2D eigenvalue weighted by Crippen LogP contribution is -2.62. The van der Waals surface area contributed by atoms with Gasteiger partial charge in [-0.3, -0.25) is 9.59 Å². The molecule has 28 heavy (non-hydrogen) atoms. The third kappa shape index (κ3) is 1.81. The van der Waals surface area contributed by atoms with Crippen molar-refractivity contribution < 1.29 is 14.3 Å². The molecule has 1 aliphatic carbocycles. The molecular weight excluding hydrogens is 354 g/mol. The number of hydrogen-bond acceptors (Lipinski definition) is 6. The van der Waals surface area contributed by atoms with Gasteiger partial charge in [-0.25, -0.2) is 0 Å². The van der Waals surface area contributed by atoms with Crippen molar-refractivity contribution in [2.75, 3.05) is 23.0 Å². The van der Waals surface area contributed by atoms with Crippen LogP contribution in [0.25, 0.3) is 0 Å². The molecule has 5 rings (SSSR count). The van der Waals surface area contributed by atoms with Crippen LogP contribution < -0.4 is 16.4 Å². The third-order valence-electron chi connectivity index (χ3n) is 6.59. The van der Waals surface area contributed by atoms with Gasteiger partial charge >= 0.3 is 0 Å². The van der Waals surface area contributed by atoms with Crippen molar-refractivity contribution in [3.63, 3.8) is 0 Å². The quantitative estimate of drug-likeness (QED) is 0.520. The summed E-state index contributed by atoms with van der Waals surface area (Å²) in [7, 11) is 0. The molecule has 4 N–H and O–H groups in total. The molecule has 144 valence electrons. The molecule has 0 aromatic heterocycles. The number of fused-ring (bicyclic) bond motifs is 4. The maximum Gasteiger partial charge on any atom is 0.196 e. The molecule has 6 heteroatoms. The van der Waals surface area contributed by atoms with E-state index in [1.165, 1.54) is 0 Å². The zero-order valence-corrected chi connectivity index (χ0v) is 16.4. The number of nitrogens with one attached hydrogen (secondary N) is 2. The van der Waals surface area contributed by atoms with Crippen molar-refractivity contribution in [2.45, 2.75) is 39.0 Å². The number of carbonyl (C=O) groups is 2. The summed E-state index contributed by atoms with van der Waals surface area (Å²) in [6.45, 7) is 8.89. The van der Waals surface area contributed by atoms with E-state index in [2.05, 4.69) is 24.5 Å². The highest BCUT2D eigenvalue weighted by Crippen LogP contribution is 2.55. The largest absolute Gasteiger partial charge is 0.398 e. The van der Waals surface area contributed by atoms with E-state index < -0.39 is 11.3 Å². The van der Waals surface area contributed by atoms with Crippen LogP contribution in [-0.4, -0.2) is 29.4 Å². The molecule has 0 radical (unpaired) electrons. The highest BCUT2D eigenvalue weighted by molar-refractivity contribution is 6.32. The average Bonchev–Trinajstić information content (AvgIpc) is 3.12. The number of nitrogen functional groups attached to an aromatic ring is 1. The molecule has 2 aliphatic heterocycles. The Labute approximate surface area is 163 Å². The highest BCUT2D eigenvalue weighted by atomic mass is 16.5. The number of anilines is 3. The van der Waals surface area contributed by atoms with Gasteiger partial charge in [-0.1, -0.05) is 26.0 Å². The lowest BCUT2D eigenvalue weighted by atomic mass is 9.73. The van der Waals surface area contributed by atoms with Gasteiger partial charge < -0.3 is 21.1 Å². The Balaban J connectivity index is 1.72. The molecule has 1 unspecified atom stereocenters. The summed E-state index contributed by atoms with van der Waals surface area (Å²) in [4.78, 5) is 26.5. The predicted octanol–water partition coefficient (Wildman–Crippen LogP) is 3.41. The first-order valence-corrected chi connectivity index (χ1v) is 9.45. The lowest BCUT2D eigenvalue weighted by Gasteiger charge is -2.45. The van der Waals surface area contributed by atoms with Crippen molar-refractivity contribution in [3.8, 4) is 0 Å². The lowest BCUT2D eigenvalue weighted by molar-refractivity contribution is 0.0138. The molecule has 1 saturated heterocycles. The van der Waals surface area contributed by atoms with Crippen LogP contribution in [0.15, 0.2) is 30.3 Å². The molecule has 3 aliphatic rings. The second kappa shape index (κ2) is 4.94. The summed E-state index contributed by atoms with van der Waals surface area (Å²) < 4.78 is 6.10. The van der Waals surface area contributed by atoms with E-state index in [0.29, 0.717) is 40.2 Å². The summed E-state index contributed by atoms with van der Waals surface area (Å²) in [6, 6.07) is 8.59. The van der Waals surface area contributed by atoms with E-state index in [-0.39, 0.29) is 17.0 Å². The molecule has 1 spiro atoms. The fourth-order valence-electron chi connectivity index (χ4n) is 5.00. The first kappa shape index (κ1) is 17.3. The Morgan fingerprint density at radius 1 is 0.929 bits per heavy atom. The number of rotatable bonds is 0. The standard InChI is InChI=1S/C22H23N3O3/c1-20(2)10-28-21(3,4)22(20)24-14-9-8-12-16(17(14)25-22)19(27)11-6-5-7-13(23)15(11)18(12)26/h5-9,24-25H,10,23H2,1-4H3. The second-order valence-corrected chi connectivity index (χ2v) is 9.02. The van der Waals surface area contributed by atoms with Crippen molar-refractivity contribution in [2.24, 2.45) is 5.41 Å². The Morgan fingerprint density at radius 2 is 1.61 bits per heavy atom. The van der Waals surface area contributed by atoms with Crippen LogP contribution in [0.3, 0.4) is 0 Å². The SMILES string of the molecule is CC1(C)COC(C)(C)C12Nc1ccc3c(c1N2)C(=O)c1cccc(N)c1C3=O. The normalized spacial score (nSPS) is 25.7. The van der Waals surface area contributed by atoms with Gasteiger partial charge in [0.15, 0.2) is 11.6 Å². The van der Waals surface area contributed by atoms with Crippen molar-refractivity contribution in [3.05, 3.63) is 52.6 Å². The molecule has 1 fully saturated rings. The van der Waals surface area contributed by atoms with Crippen LogP contribution in [-0.2, 0) is 4.74 Å². The minimum absolute atomic E-state index is 0.186. The van der Waals surface area contributed by atoms with Crippen LogP contribution in [0.2, 0.25) is 0 Å². The predicted molar refractivity (Wildman–Crippen MR) is 108 cm³/mol. The first-order chi connectivity index (χ1) is 13.1. The van der Waals surface area contributed by atoms with Gasteiger partial charge in [0.2, 0.25) is 0 Å². The average molecular weight is 377 g/mol. The van der Waals surface area contributed by atoms with Crippen LogP contribution >= 0.6 is 0 Å². The molecule has 0 saturated carbocycles. The summed E-state index contributed by atoms with van der Waals surface area (Å²) in [5, 5.41) is 7.16. The maximum atomic E-state index is 13.4. The second-order valence-electron chi connectivity index (χ2n) is 9.02. The molecule has 6 nitrogen and oxygen atoms in total. The molecule has 2 heterocycles. The van der Waals surface area contributed by atoms with Crippen LogP contribution in [0, 0.1) is 5.41 Å². The molecular formula is C22H23N3O3. The van der Waals surface area contributed by atoms with Gasteiger partial charge in [0, 0.05) is 22.2 Å². The Morgan fingerprint density at radius 3 is 2.29 bits per heavy atom. The third-order valence-corrected chi connectivity index (χ3v) is 6.59. The van der Waals surface area contributed by atoms with Gasteiger partial charge in [-0.05, 0) is 32.0 Å². The Bertz CT molecular complexity index is 1070. The first-order valence-electron chi connectivity index (χ1n) is 9.45. The monoisotopic (exact) mass is 377 g/mol. The number of hydrogen-bond donors (Lipinski definition) is 3. The number of ketones is 2.